The second kappa shape index (κ2) is 6.87. The summed E-state index contributed by atoms with van der Waals surface area (Å²) in [5.74, 6) is -1.06. The van der Waals surface area contributed by atoms with Crippen LogP contribution in [0.1, 0.15) is 36.1 Å². The number of aryl methyl sites for hydroxylation is 1. The zero-order chi connectivity index (χ0) is 17.1. The molecule has 0 saturated heterocycles. The fourth-order valence-electron chi connectivity index (χ4n) is 3.23. The molecule has 0 fully saturated rings. The molecule has 0 spiro atoms. The normalized spacial score (nSPS) is 20.6. The summed E-state index contributed by atoms with van der Waals surface area (Å²) in [7, 11) is 0. The summed E-state index contributed by atoms with van der Waals surface area (Å²) in [6.07, 6.45) is 3.67. The number of esters is 1. The van der Waals surface area contributed by atoms with Gasteiger partial charge in [0.2, 0.25) is 0 Å². The highest BCUT2D eigenvalue weighted by Gasteiger charge is 2.40. The van der Waals surface area contributed by atoms with Crippen molar-refractivity contribution in [3.05, 3.63) is 65.6 Å². The van der Waals surface area contributed by atoms with E-state index < -0.39 is 11.9 Å². The first-order valence-corrected chi connectivity index (χ1v) is 8.11. The molecule has 1 aromatic carbocycles. The van der Waals surface area contributed by atoms with Crippen LogP contribution in [0, 0.1) is 12.8 Å². The Morgan fingerprint density at radius 1 is 1.29 bits per heavy atom. The Kier molecular flexibility index (Phi) is 4.65. The van der Waals surface area contributed by atoms with Gasteiger partial charge in [0.25, 0.3) is 0 Å². The number of hydrogen-bond acceptors (Lipinski definition) is 4. The molecule has 124 valence electrons. The summed E-state index contributed by atoms with van der Waals surface area (Å²) in [5.41, 5.74) is 2.88. The average Bonchev–Trinajstić information content (AvgIpc) is 3.08. The first-order chi connectivity index (χ1) is 11.6. The van der Waals surface area contributed by atoms with Crippen LogP contribution < -0.4 is 0 Å². The van der Waals surface area contributed by atoms with Crippen LogP contribution in [0.4, 0.5) is 0 Å². The molecule has 1 aliphatic carbocycles. The van der Waals surface area contributed by atoms with Gasteiger partial charge >= 0.3 is 5.97 Å². The molecular weight excluding hydrogens is 304 g/mol. The largest absolute Gasteiger partial charge is 0.465 e. The summed E-state index contributed by atoms with van der Waals surface area (Å²) in [6, 6.07) is 11.5. The van der Waals surface area contributed by atoms with Crippen LogP contribution in [0.2, 0.25) is 0 Å². The standard InChI is InChI=1S/C20H20O4/c1-3-23-20(22)19-16(14-7-4-6-13(2)10-14)11-15(12-17(19)21)18-8-5-9-24-18/h4-10,12,16,19H,3,11H2,1-2H3/t16-,19-/m1/s1. The summed E-state index contributed by atoms with van der Waals surface area (Å²) >= 11 is 0. The number of carbonyl (C=O) groups excluding carboxylic acids is 2. The van der Waals surface area contributed by atoms with E-state index in [1.807, 2.05) is 37.3 Å². The van der Waals surface area contributed by atoms with Gasteiger partial charge in [0.1, 0.15) is 11.7 Å². The van der Waals surface area contributed by atoms with Crippen molar-refractivity contribution in [3.63, 3.8) is 0 Å². The van der Waals surface area contributed by atoms with Crippen molar-refractivity contribution >= 4 is 17.3 Å². The summed E-state index contributed by atoms with van der Waals surface area (Å²) in [4.78, 5) is 25.0. The second-order valence-electron chi connectivity index (χ2n) is 6.00. The van der Waals surface area contributed by atoms with E-state index in [1.165, 1.54) is 6.08 Å². The maximum atomic E-state index is 12.7. The van der Waals surface area contributed by atoms with Crippen LogP contribution in [0.5, 0.6) is 0 Å². The Bertz CT molecular complexity index is 771. The maximum Gasteiger partial charge on any atom is 0.317 e. The Morgan fingerprint density at radius 2 is 2.12 bits per heavy atom. The van der Waals surface area contributed by atoms with Crippen molar-refractivity contribution in [2.75, 3.05) is 6.61 Å². The number of allylic oxidation sites excluding steroid dienone is 2. The molecule has 2 aromatic rings. The molecule has 24 heavy (non-hydrogen) atoms. The van der Waals surface area contributed by atoms with Crippen LogP contribution in [-0.4, -0.2) is 18.4 Å². The number of hydrogen-bond donors (Lipinski definition) is 0. The molecule has 0 radical (unpaired) electrons. The molecule has 1 heterocycles. The first kappa shape index (κ1) is 16.2. The lowest BCUT2D eigenvalue weighted by atomic mass is 9.74. The molecule has 4 nitrogen and oxygen atoms in total. The van der Waals surface area contributed by atoms with Gasteiger partial charge in [-0.25, -0.2) is 0 Å². The van der Waals surface area contributed by atoms with Crippen molar-refractivity contribution in [2.45, 2.75) is 26.2 Å². The molecular formula is C20H20O4. The average molecular weight is 324 g/mol. The molecule has 0 aliphatic heterocycles. The predicted octanol–water partition coefficient (Wildman–Crippen LogP) is 3.91. The quantitative estimate of drug-likeness (QED) is 0.632. The third kappa shape index (κ3) is 3.18. The third-order valence-corrected chi connectivity index (χ3v) is 4.31. The van der Waals surface area contributed by atoms with Crippen LogP contribution in [0.25, 0.3) is 5.57 Å². The van der Waals surface area contributed by atoms with E-state index in [9.17, 15) is 9.59 Å². The molecule has 3 rings (SSSR count). The molecule has 0 amide bonds. The van der Waals surface area contributed by atoms with Gasteiger partial charge in [0.05, 0.1) is 12.9 Å². The second-order valence-corrected chi connectivity index (χ2v) is 6.00. The Balaban J connectivity index is 2.02. The third-order valence-electron chi connectivity index (χ3n) is 4.31. The number of furan rings is 1. The van der Waals surface area contributed by atoms with E-state index in [2.05, 4.69) is 0 Å². The van der Waals surface area contributed by atoms with E-state index in [0.29, 0.717) is 12.2 Å². The number of ether oxygens (including phenoxy) is 1. The minimum absolute atomic E-state index is 0.224. The van der Waals surface area contributed by atoms with E-state index >= 15 is 0 Å². The number of ketones is 1. The van der Waals surface area contributed by atoms with Gasteiger partial charge in [-0.15, -0.1) is 0 Å². The van der Waals surface area contributed by atoms with Gasteiger partial charge in [0.15, 0.2) is 5.78 Å². The summed E-state index contributed by atoms with van der Waals surface area (Å²) in [5, 5.41) is 0. The number of rotatable bonds is 4. The van der Waals surface area contributed by atoms with Crippen LogP contribution in [-0.2, 0) is 14.3 Å². The van der Waals surface area contributed by atoms with Gasteiger partial charge in [-0.2, -0.15) is 0 Å². The van der Waals surface area contributed by atoms with E-state index in [1.54, 1.807) is 19.3 Å². The topological polar surface area (TPSA) is 56.5 Å². The van der Waals surface area contributed by atoms with Crippen molar-refractivity contribution in [1.29, 1.82) is 0 Å². The van der Waals surface area contributed by atoms with E-state index in [4.69, 9.17) is 9.15 Å². The first-order valence-electron chi connectivity index (χ1n) is 8.11. The van der Waals surface area contributed by atoms with Crippen molar-refractivity contribution in [2.24, 2.45) is 5.92 Å². The Labute approximate surface area is 141 Å². The lowest BCUT2D eigenvalue weighted by Gasteiger charge is -2.29. The zero-order valence-electron chi connectivity index (χ0n) is 13.8. The summed E-state index contributed by atoms with van der Waals surface area (Å²) < 4.78 is 10.6. The Morgan fingerprint density at radius 3 is 2.79 bits per heavy atom. The Hall–Kier alpha value is -2.62. The van der Waals surface area contributed by atoms with Crippen molar-refractivity contribution < 1.29 is 18.7 Å². The number of benzene rings is 1. The van der Waals surface area contributed by atoms with E-state index in [0.717, 1.165) is 16.7 Å². The maximum absolute atomic E-state index is 12.7. The lowest BCUT2D eigenvalue weighted by molar-refractivity contribution is -0.151. The van der Waals surface area contributed by atoms with E-state index in [-0.39, 0.29) is 18.3 Å². The fraction of sp³-hybridized carbons (Fsp3) is 0.300. The molecule has 1 aromatic heterocycles. The molecule has 0 unspecified atom stereocenters. The van der Waals surface area contributed by atoms with Gasteiger partial charge in [-0.1, -0.05) is 29.8 Å². The minimum atomic E-state index is -0.800. The molecule has 0 saturated carbocycles. The van der Waals surface area contributed by atoms with Crippen LogP contribution >= 0.6 is 0 Å². The SMILES string of the molecule is CCOC(=O)[C@H]1C(=O)C=C(c2ccco2)C[C@@H]1c1cccc(C)c1. The van der Waals surface area contributed by atoms with Gasteiger partial charge in [0, 0.05) is 5.92 Å². The monoisotopic (exact) mass is 324 g/mol. The smallest absolute Gasteiger partial charge is 0.317 e. The molecule has 0 N–H and O–H groups in total. The predicted molar refractivity (Wildman–Crippen MR) is 90.4 cm³/mol. The highest BCUT2D eigenvalue weighted by atomic mass is 16.5. The van der Waals surface area contributed by atoms with Crippen LogP contribution in [0.3, 0.4) is 0 Å². The summed E-state index contributed by atoms with van der Waals surface area (Å²) in [6.45, 7) is 4.01. The van der Waals surface area contributed by atoms with Gasteiger partial charge in [-0.3, -0.25) is 9.59 Å². The highest BCUT2D eigenvalue weighted by molar-refractivity contribution is 6.10. The van der Waals surface area contributed by atoms with Gasteiger partial charge in [-0.05, 0) is 49.6 Å². The van der Waals surface area contributed by atoms with Crippen molar-refractivity contribution in [3.8, 4) is 0 Å². The highest BCUT2D eigenvalue weighted by Crippen LogP contribution is 2.40. The molecule has 4 heteroatoms. The molecule has 0 bridgehead atoms. The molecule has 1 aliphatic rings. The zero-order valence-corrected chi connectivity index (χ0v) is 13.8. The fourth-order valence-corrected chi connectivity index (χ4v) is 3.23. The van der Waals surface area contributed by atoms with Gasteiger partial charge < -0.3 is 9.15 Å². The lowest BCUT2D eigenvalue weighted by Crippen LogP contribution is -2.34. The van der Waals surface area contributed by atoms with Crippen LogP contribution in [0.15, 0.2) is 53.2 Å². The minimum Gasteiger partial charge on any atom is -0.465 e. The molecule has 2 atom stereocenters. The van der Waals surface area contributed by atoms with Crippen molar-refractivity contribution in [1.82, 2.24) is 0 Å². The number of carbonyl (C=O) groups is 2.